The number of imide groups is 1. The van der Waals surface area contributed by atoms with Gasteiger partial charge < -0.3 is 23.8 Å². The van der Waals surface area contributed by atoms with Crippen molar-refractivity contribution in [3.8, 4) is 5.69 Å². The fraction of sp³-hybridized carbons (Fsp3) is 0.231. The van der Waals surface area contributed by atoms with Crippen LogP contribution in [0.2, 0.25) is 0 Å². The average Bonchev–Trinajstić information content (AvgIpc) is 3.52. The van der Waals surface area contributed by atoms with Gasteiger partial charge in [0.1, 0.15) is 11.5 Å². The lowest BCUT2D eigenvalue weighted by Gasteiger charge is -2.15. The Morgan fingerprint density at radius 2 is 1.75 bits per heavy atom. The van der Waals surface area contributed by atoms with E-state index in [0.717, 1.165) is 33.1 Å². The van der Waals surface area contributed by atoms with Crippen LogP contribution < -0.4 is 5.32 Å². The molecule has 0 atom stereocenters. The molecule has 3 aromatic rings. The summed E-state index contributed by atoms with van der Waals surface area (Å²) in [5, 5.41) is 2.60. The van der Waals surface area contributed by atoms with E-state index in [9.17, 15) is 19.2 Å². The number of benzene rings is 1. The highest BCUT2D eigenvalue weighted by Crippen LogP contribution is 2.27. The lowest BCUT2D eigenvalue weighted by molar-refractivity contribution is -0.123. The first-order valence-electron chi connectivity index (χ1n) is 11.0. The molecule has 3 heterocycles. The van der Waals surface area contributed by atoms with E-state index in [1.807, 2.05) is 37.5 Å². The lowest BCUT2D eigenvalue weighted by atomic mass is 10.1. The Kier molecular flexibility index (Phi) is 6.52. The smallest absolute Gasteiger partial charge is 0.373 e. The number of rotatable bonds is 6. The quantitative estimate of drug-likeness (QED) is 0.317. The van der Waals surface area contributed by atoms with Gasteiger partial charge in [0, 0.05) is 17.1 Å². The maximum absolute atomic E-state index is 13.0. The second kappa shape index (κ2) is 9.57. The normalized spacial score (nSPS) is 14.4. The highest BCUT2D eigenvalue weighted by molar-refractivity contribution is 6.14. The Balaban J connectivity index is 1.63. The first kappa shape index (κ1) is 24.5. The van der Waals surface area contributed by atoms with E-state index in [4.69, 9.17) is 9.15 Å². The molecule has 0 saturated carbocycles. The number of aromatic nitrogens is 1. The van der Waals surface area contributed by atoms with E-state index in [2.05, 4.69) is 10.1 Å². The third kappa shape index (κ3) is 4.28. The Morgan fingerprint density at radius 3 is 2.44 bits per heavy atom. The van der Waals surface area contributed by atoms with Crippen LogP contribution in [0.25, 0.3) is 11.8 Å². The first-order chi connectivity index (χ1) is 17.2. The molecular formula is C26H25N3O7. The van der Waals surface area contributed by atoms with Crippen molar-refractivity contribution in [2.75, 3.05) is 14.2 Å². The molecule has 0 aliphatic carbocycles. The van der Waals surface area contributed by atoms with Gasteiger partial charge in [-0.3, -0.25) is 9.69 Å². The lowest BCUT2D eigenvalue weighted by Crippen LogP contribution is -2.30. The summed E-state index contributed by atoms with van der Waals surface area (Å²) in [4.78, 5) is 50.2. The van der Waals surface area contributed by atoms with Crippen molar-refractivity contribution in [1.82, 2.24) is 14.8 Å². The molecule has 1 aliphatic rings. The fourth-order valence-electron chi connectivity index (χ4n) is 4.20. The van der Waals surface area contributed by atoms with Crippen LogP contribution >= 0.6 is 0 Å². The molecule has 1 aliphatic heterocycles. The van der Waals surface area contributed by atoms with Crippen molar-refractivity contribution in [3.05, 3.63) is 81.7 Å². The van der Waals surface area contributed by atoms with Gasteiger partial charge in [0.2, 0.25) is 5.76 Å². The number of amides is 3. The summed E-state index contributed by atoms with van der Waals surface area (Å²) in [6, 6.07) is 9.60. The molecule has 1 saturated heterocycles. The van der Waals surface area contributed by atoms with Gasteiger partial charge in [-0.2, -0.15) is 0 Å². The van der Waals surface area contributed by atoms with Crippen LogP contribution in [0, 0.1) is 20.8 Å². The standard InChI is InChI=1S/C26H25N3O7/c1-14-11-17(16(3)29(14)21-8-6-7-19(15(21)2)24(31)34-4)12-20-23(30)28(26(33)27-20)13-18-9-10-22(36-18)25(32)35-5/h6-12H,13H2,1-5H3,(H,27,33)/b20-12-. The molecule has 1 fully saturated rings. The molecular weight excluding hydrogens is 466 g/mol. The van der Waals surface area contributed by atoms with Crippen LogP contribution in [0.3, 0.4) is 0 Å². The van der Waals surface area contributed by atoms with Gasteiger partial charge >= 0.3 is 18.0 Å². The number of furan rings is 1. The van der Waals surface area contributed by atoms with Crippen LogP contribution in [0.1, 0.15) is 49.2 Å². The molecule has 36 heavy (non-hydrogen) atoms. The van der Waals surface area contributed by atoms with Crippen molar-refractivity contribution in [2.45, 2.75) is 27.3 Å². The van der Waals surface area contributed by atoms with Crippen LogP contribution in [-0.4, -0.2) is 47.6 Å². The van der Waals surface area contributed by atoms with Gasteiger partial charge in [0.25, 0.3) is 5.91 Å². The molecule has 10 heteroatoms. The van der Waals surface area contributed by atoms with Gasteiger partial charge in [-0.05, 0) is 68.3 Å². The highest BCUT2D eigenvalue weighted by atomic mass is 16.5. The van der Waals surface area contributed by atoms with E-state index in [1.165, 1.54) is 26.4 Å². The van der Waals surface area contributed by atoms with Crippen molar-refractivity contribution in [2.24, 2.45) is 0 Å². The third-order valence-corrected chi connectivity index (χ3v) is 6.05. The minimum atomic E-state index is -0.651. The molecule has 0 bridgehead atoms. The SMILES string of the molecule is COC(=O)c1ccc(CN2C(=O)N/C(=C\c3cc(C)n(-c4cccc(C(=O)OC)c4C)c3C)C2=O)o1. The van der Waals surface area contributed by atoms with Crippen LogP contribution in [-0.2, 0) is 20.8 Å². The molecule has 3 amide bonds. The number of hydrogen-bond acceptors (Lipinski definition) is 7. The van der Waals surface area contributed by atoms with E-state index < -0.39 is 23.9 Å². The second-order valence-electron chi connectivity index (χ2n) is 8.24. The topological polar surface area (TPSA) is 120 Å². The molecule has 10 nitrogen and oxygen atoms in total. The van der Waals surface area contributed by atoms with Gasteiger partial charge in [-0.25, -0.2) is 14.4 Å². The summed E-state index contributed by atoms with van der Waals surface area (Å²) < 4.78 is 16.8. The van der Waals surface area contributed by atoms with Crippen LogP contribution in [0.15, 0.2) is 46.5 Å². The van der Waals surface area contributed by atoms with E-state index in [1.54, 1.807) is 18.2 Å². The molecule has 2 aromatic heterocycles. The molecule has 0 unspecified atom stereocenters. The number of nitrogens with zero attached hydrogens (tertiary/aromatic N) is 2. The summed E-state index contributed by atoms with van der Waals surface area (Å²) in [6.07, 6.45) is 1.61. The largest absolute Gasteiger partial charge is 0.465 e. The van der Waals surface area contributed by atoms with Crippen molar-refractivity contribution in [1.29, 1.82) is 0 Å². The summed E-state index contributed by atoms with van der Waals surface area (Å²) in [5.74, 6) is -1.35. The Morgan fingerprint density at radius 1 is 1.03 bits per heavy atom. The summed E-state index contributed by atoms with van der Waals surface area (Å²) in [6.45, 7) is 5.51. The number of carbonyl (C=O) groups excluding carboxylic acids is 4. The summed E-state index contributed by atoms with van der Waals surface area (Å²) in [5.41, 5.74) is 4.56. The maximum atomic E-state index is 13.0. The number of esters is 2. The molecule has 0 spiro atoms. The Labute approximate surface area is 207 Å². The summed E-state index contributed by atoms with van der Waals surface area (Å²) in [7, 11) is 2.57. The average molecular weight is 492 g/mol. The molecule has 1 N–H and O–H groups in total. The number of nitrogens with one attached hydrogen (secondary N) is 1. The molecule has 0 radical (unpaired) electrons. The third-order valence-electron chi connectivity index (χ3n) is 6.05. The minimum Gasteiger partial charge on any atom is -0.465 e. The van der Waals surface area contributed by atoms with Gasteiger partial charge in [-0.1, -0.05) is 6.07 Å². The molecule has 1 aromatic carbocycles. The van der Waals surface area contributed by atoms with E-state index >= 15 is 0 Å². The number of aryl methyl sites for hydroxylation is 1. The maximum Gasteiger partial charge on any atom is 0.373 e. The zero-order valence-corrected chi connectivity index (χ0v) is 20.5. The number of carbonyl (C=O) groups is 4. The van der Waals surface area contributed by atoms with Crippen molar-refractivity contribution < 1.29 is 33.1 Å². The number of urea groups is 1. The molecule has 186 valence electrons. The van der Waals surface area contributed by atoms with E-state index in [0.29, 0.717) is 5.56 Å². The van der Waals surface area contributed by atoms with Gasteiger partial charge in [0.15, 0.2) is 0 Å². The fourth-order valence-corrected chi connectivity index (χ4v) is 4.20. The predicted octanol–water partition coefficient (Wildman–Crippen LogP) is 3.66. The Hall–Kier alpha value is -4.60. The highest BCUT2D eigenvalue weighted by Gasteiger charge is 2.34. The van der Waals surface area contributed by atoms with Crippen LogP contribution in [0.5, 0.6) is 0 Å². The number of hydrogen-bond donors (Lipinski definition) is 1. The Bertz CT molecular complexity index is 1430. The van der Waals surface area contributed by atoms with Crippen molar-refractivity contribution in [3.63, 3.8) is 0 Å². The van der Waals surface area contributed by atoms with Crippen molar-refractivity contribution >= 4 is 30.0 Å². The number of ether oxygens (including phenoxy) is 2. The van der Waals surface area contributed by atoms with E-state index in [-0.39, 0.29) is 23.8 Å². The zero-order chi connectivity index (χ0) is 26.1. The second-order valence-corrected chi connectivity index (χ2v) is 8.24. The minimum absolute atomic E-state index is 0.0191. The number of methoxy groups -OCH3 is 2. The van der Waals surface area contributed by atoms with Crippen LogP contribution in [0.4, 0.5) is 4.79 Å². The zero-order valence-electron chi connectivity index (χ0n) is 20.5. The monoisotopic (exact) mass is 491 g/mol. The first-order valence-corrected chi connectivity index (χ1v) is 11.0. The van der Waals surface area contributed by atoms with Gasteiger partial charge in [-0.15, -0.1) is 0 Å². The predicted molar refractivity (Wildman–Crippen MR) is 128 cm³/mol. The molecule has 4 rings (SSSR count). The van der Waals surface area contributed by atoms with Gasteiger partial charge in [0.05, 0.1) is 26.3 Å². The summed E-state index contributed by atoms with van der Waals surface area (Å²) >= 11 is 0.